The predicted octanol–water partition coefficient (Wildman–Crippen LogP) is 2.78. The van der Waals surface area contributed by atoms with Gasteiger partial charge in [0, 0.05) is 32.3 Å². The standard InChI is InChI=1S/C20H28F2N6O2/c1-4-23-20(24-11-17-26-19(27-30-17)13(3)29-5-2)25-14-9-10-28(12-14)18-15(21)7-6-8-16(18)22/h6-8,13-14H,4-5,9-12H2,1-3H3,(H2,23,24,25). The molecule has 2 unspecified atom stereocenters. The average molecular weight is 422 g/mol. The highest BCUT2D eigenvalue weighted by atomic mass is 19.1. The van der Waals surface area contributed by atoms with Crippen molar-refractivity contribution in [2.75, 3.05) is 31.1 Å². The van der Waals surface area contributed by atoms with E-state index in [1.807, 2.05) is 20.8 Å². The van der Waals surface area contributed by atoms with Crippen molar-refractivity contribution in [2.45, 2.75) is 45.9 Å². The molecule has 1 aliphatic rings. The van der Waals surface area contributed by atoms with Crippen LogP contribution in [-0.2, 0) is 11.3 Å². The molecule has 1 aliphatic heterocycles. The van der Waals surface area contributed by atoms with E-state index in [1.165, 1.54) is 18.2 Å². The van der Waals surface area contributed by atoms with Crippen LogP contribution in [0.15, 0.2) is 27.7 Å². The molecular formula is C20H28F2N6O2. The van der Waals surface area contributed by atoms with Crippen LogP contribution in [-0.4, -0.2) is 48.4 Å². The third kappa shape index (κ3) is 5.44. The predicted molar refractivity (Wildman–Crippen MR) is 109 cm³/mol. The fourth-order valence-corrected chi connectivity index (χ4v) is 3.35. The normalized spacial score (nSPS) is 18.0. The fraction of sp³-hybridized carbons (Fsp3) is 0.550. The van der Waals surface area contributed by atoms with Crippen LogP contribution in [0.5, 0.6) is 0 Å². The van der Waals surface area contributed by atoms with Crippen molar-refractivity contribution in [1.82, 2.24) is 20.8 Å². The molecule has 0 bridgehead atoms. The number of para-hydroxylation sites is 1. The molecule has 2 heterocycles. The Bertz CT molecular complexity index is 839. The van der Waals surface area contributed by atoms with Crippen molar-refractivity contribution in [3.05, 3.63) is 41.5 Å². The van der Waals surface area contributed by atoms with E-state index in [9.17, 15) is 8.78 Å². The smallest absolute Gasteiger partial charge is 0.248 e. The molecule has 0 spiro atoms. The summed E-state index contributed by atoms with van der Waals surface area (Å²) in [5.41, 5.74) is 0.0190. The number of anilines is 1. The van der Waals surface area contributed by atoms with Gasteiger partial charge in [0.15, 0.2) is 11.8 Å². The van der Waals surface area contributed by atoms with Crippen molar-refractivity contribution >= 4 is 11.6 Å². The number of aromatic nitrogens is 2. The summed E-state index contributed by atoms with van der Waals surface area (Å²) < 4.78 is 38.8. The molecular weight excluding hydrogens is 394 g/mol. The van der Waals surface area contributed by atoms with Crippen LogP contribution in [0.2, 0.25) is 0 Å². The summed E-state index contributed by atoms with van der Waals surface area (Å²) in [6.45, 7) is 8.18. The van der Waals surface area contributed by atoms with E-state index in [4.69, 9.17) is 9.26 Å². The van der Waals surface area contributed by atoms with E-state index >= 15 is 0 Å². The lowest BCUT2D eigenvalue weighted by atomic mass is 10.2. The largest absolute Gasteiger partial charge is 0.371 e. The van der Waals surface area contributed by atoms with E-state index in [0.717, 1.165) is 6.42 Å². The van der Waals surface area contributed by atoms with E-state index in [0.29, 0.717) is 43.9 Å². The number of guanidine groups is 1. The van der Waals surface area contributed by atoms with Crippen LogP contribution in [0.4, 0.5) is 14.5 Å². The Kier molecular flexibility index (Phi) is 7.56. The van der Waals surface area contributed by atoms with E-state index < -0.39 is 11.6 Å². The number of halogens is 2. The van der Waals surface area contributed by atoms with Gasteiger partial charge in [0.2, 0.25) is 5.89 Å². The molecule has 2 atom stereocenters. The van der Waals surface area contributed by atoms with Gasteiger partial charge in [0.1, 0.15) is 30.0 Å². The second-order valence-electron chi connectivity index (χ2n) is 6.99. The Morgan fingerprint density at radius 3 is 2.83 bits per heavy atom. The van der Waals surface area contributed by atoms with Crippen molar-refractivity contribution < 1.29 is 18.0 Å². The highest BCUT2D eigenvalue weighted by Gasteiger charge is 2.27. The lowest BCUT2D eigenvalue weighted by Crippen LogP contribution is -2.44. The third-order valence-corrected chi connectivity index (χ3v) is 4.76. The number of ether oxygens (including phenoxy) is 1. The molecule has 1 aromatic carbocycles. The summed E-state index contributed by atoms with van der Waals surface area (Å²) in [6.07, 6.45) is 0.487. The fourth-order valence-electron chi connectivity index (χ4n) is 3.35. The number of nitrogens with one attached hydrogen (secondary N) is 2. The van der Waals surface area contributed by atoms with Gasteiger partial charge in [-0.05, 0) is 39.3 Å². The third-order valence-electron chi connectivity index (χ3n) is 4.76. The first-order valence-electron chi connectivity index (χ1n) is 10.2. The summed E-state index contributed by atoms with van der Waals surface area (Å²) in [5.74, 6) is 0.346. The van der Waals surface area contributed by atoms with Crippen LogP contribution >= 0.6 is 0 Å². The Balaban J connectivity index is 1.60. The number of hydrogen-bond acceptors (Lipinski definition) is 6. The van der Waals surface area contributed by atoms with Crippen LogP contribution in [0.1, 0.15) is 45.0 Å². The molecule has 8 nitrogen and oxygen atoms in total. The van der Waals surface area contributed by atoms with Gasteiger partial charge in [0.25, 0.3) is 0 Å². The van der Waals surface area contributed by atoms with Crippen molar-refractivity contribution in [3.63, 3.8) is 0 Å². The minimum absolute atomic E-state index is 0.00183. The first-order chi connectivity index (χ1) is 14.5. The molecule has 0 amide bonds. The lowest BCUT2D eigenvalue weighted by molar-refractivity contribution is 0.0683. The monoisotopic (exact) mass is 422 g/mol. The molecule has 164 valence electrons. The average Bonchev–Trinajstić information content (AvgIpc) is 3.36. The van der Waals surface area contributed by atoms with Gasteiger partial charge < -0.3 is 24.8 Å². The van der Waals surface area contributed by atoms with Gasteiger partial charge >= 0.3 is 0 Å². The van der Waals surface area contributed by atoms with Gasteiger partial charge in [-0.25, -0.2) is 13.8 Å². The zero-order valence-electron chi connectivity index (χ0n) is 17.5. The molecule has 30 heavy (non-hydrogen) atoms. The first-order valence-corrected chi connectivity index (χ1v) is 10.2. The van der Waals surface area contributed by atoms with Gasteiger partial charge in [-0.1, -0.05) is 11.2 Å². The highest BCUT2D eigenvalue weighted by Crippen LogP contribution is 2.26. The SMILES string of the molecule is CCNC(=NCc1nc(C(C)OCC)no1)NC1CCN(c2c(F)cccc2F)C1. The molecule has 10 heteroatoms. The lowest BCUT2D eigenvalue weighted by Gasteiger charge is -2.21. The minimum atomic E-state index is -0.551. The summed E-state index contributed by atoms with van der Waals surface area (Å²) in [4.78, 5) is 10.5. The van der Waals surface area contributed by atoms with Gasteiger partial charge in [0.05, 0.1) is 0 Å². The Hall–Kier alpha value is -2.75. The summed E-state index contributed by atoms with van der Waals surface area (Å²) >= 11 is 0. The summed E-state index contributed by atoms with van der Waals surface area (Å²) in [5, 5.41) is 10.4. The van der Waals surface area contributed by atoms with E-state index in [-0.39, 0.29) is 24.4 Å². The summed E-state index contributed by atoms with van der Waals surface area (Å²) in [7, 11) is 0. The van der Waals surface area contributed by atoms with Gasteiger partial charge in [-0.3, -0.25) is 0 Å². The Labute approximate surface area is 174 Å². The van der Waals surface area contributed by atoms with Crippen molar-refractivity contribution in [2.24, 2.45) is 4.99 Å². The maximum absolute atomic E-state index is 14.1. The van der Waals surface area contributed by atoms with Crippen LogP contribution in [0.3, 0.4) is 0 Å². The van der Waals surface area contributed by atoms with Crippen molar-refractivity contribution in [3.8, 4) is 0 Å². The maximum Gasteiger partial charge on any atom is 0.248 e. The number of hydrogen-bond donors (Lipinski definition) is 2. The van der Waals surface area contributed by atoms with E-state index in [1.54, 1.807) is 4.90 Å². The van der Waals surface area contributed by atoms with Crippen LogP contribution in [0.25, 0.3) is 0 Å². The van der Waals surface area contributed by atoms with E-state index in [2.05, 4.69) is 25.8 Å². The second kappa shape index (κ2) is 10.3. The van der Waals surface area contributed by atoms with Crippen LogP contribution in [0, 0.1) is 11.6 Å². The molecule has 0 saturated carbocycles. The summed E-state index contributed by atoms with van der Waals surface area (Å²) in [6, 6.07) is 3.91. The second-order valence-corrected chi connectivity index (χ2v) is 6.99. The van der Waals surface area contributed by atoms with Gasteiger partial charge in [-0.15, -0.1) is 0 Å². The van der Waals surface area contributed by atoms with Crippen LogP contribution < -0.4 is 15.5 Å². The molecule has 0 radical (unpaired) electrons. The van der Waals surface area contributed by atoms with Crippen molar-refractivity contribution in [1.29, 1.82) is 0 Å². The molecule has 1 fully saturated rings. The number of rotatable bonds is 8. The molecule has 1 aromatic heterocycles. The molecule has 2 N–H and O–H groups in total. The minimum Gasteiger partial charge on any atom is -0.371 e. The Morgan fingerprint density at radius 2 is 2.13 bits per heavy atom. The Morgan fingerprint density at radius 1 is 1.37 bits per heavy atom. The molecule has 0 aliphatic carbocycles. The zero-order chi connectivity index (χ0) is 21.5. The first kappa shape index (κ1) is 21.9. The highest BCUT2D eigenvalue weighted by molar-refractivity contribution is 5.80. The van der Waals surface area contributed by atoms with Gasteiger partial charge in [-0.2, -0.15) is 4.98 Å². The maximum atomic E-state index is 14.1. The number of benzene rings is 1. The molecule has 3 rings (SSSR count). The molecule has 2 aromatic rings. The number of nitrogens with zero attached hydrogens (tertiary/aromatic N) is 4. The number of aliphatic imine (C=N–C) groups is 1. The topological polar surface area (TPSA) is 87.8 Å². The quantitative estimate of drug-likeness (QED) is 0.500. The molecule has 1 saturated heterocycles. The zero-order valence-corrected chi connectivity index (χ0v) is 17.5.